The van der Waals surface area contributed by atoms with Gasteiger partial charge in [-0.3, -0.25) is 4.79 Å². The fraction of sp³-hybridized carbons (Fsp3) is 0.0968. The van der Waals surface area contributed by atoms with Crippen molar-refractivity contribution in [1.82, 2.24) is 5.01 Å². The Kier molecular flexibility index (Phi) is 5.72. The van der Waals surface area contributed by atoms with Crippen LogP contribution in [0.2, 0.25) is 5.02 Å². The van der Waals surface area contributed by atoms with Gasteiger partial charge in [-0.1, -0.05) is 72.3 Å². The van der Waals surface area contributed by atoms with Crippen molar-refractivity contribution in [3.05, 3.63) is 136 Å². The highest BCUT2D eigenvalue weighted by atomic mass is 35.5. The molecule has 2 unspecified atom stereocenters. The summed E-state index contributed by atoms with van der Waals surface area (Å²) in [5.74, 6) is -1.10. The van der Waals surface area contributed by atoms with Crippen LogP contribution in [0.3, 0.4) is 0 Å². The van der Waals surface area contributed by atoms with Crippen molar-refractivity contribution < 1.29 is 13.9 Å². The standard InChI is InChI=1S/C31H21ClFN3O2S/c32-22-13-16-28-25(18-22)27-19-26(21-7-3-1-4-8-21)34-36(27)31(38-28)29(17-20-11-14-23(33)15-12-20)39-30(37)35(31)24-9-5-2-6-10-24/h1-18,27H,19H2/b29-17-. The van der Waals surface area contributed by atoms with Gasteiger partial charge >= 0.3 is 5.85 Å². The Labute approximate surface area is 234 Å². The number of anilines is 1. The quantitative estimate of drug-likeness (QED) is 0.257. The average Bonchev–Trinajstić information content (AvgIpc) is 3.52. The summed E-state index contributed by atoms with van der Waals surface area (Å²) >= 11 is 7.54. The smallest absolute Gasteiger partial charge is 0.321 e. The Morgan fingerprint density at radius 1 is 0.974 bits per heavy atom. The molecule has 0 N–H and O–H groups in total. The lowest BCUT2D eigenvalue weighted by Crippen LogP contribution is -2.63. The molecule has 4 aromatic carbocycles. The minimum atomic E-state index is -1.40. The fourth-order valence-corrected chi connectivity index (χ4v) is 6.60. The number of amides is 1. The maximum absolute atomic E-state index is 13.8. The van der Waals surface area contributed by atoms with Gasteiger partial charge in [-0.15, -0.1) is 0 Å². The number of para-hydroxylation sites is 1. The van der Waals surface area contributed by atoms with E-state index in [1.165, 1.54) is 12.1 Å². The largest absolute Gasteiger partial charge is 0.443 e. The van der Waals surface area contributed by atoms with Crippen LogP contribution in [0.15, 0.2) is 113 Å². The van der Waals surface area contributed by atoms with Gasteiger partial charge in [0, 0.05) is 17.0 Å². The van der Waals surface area contributed by atoms with Crippen LogP contribution in [0.4, 0.5) is 14.9 Å². The lowest BCUT2D eigenvalue weighted by molar-refractivity contribution is -0.0763. The topological polar surface area (TPSA) is 45.1 Å². The molecule has 3 aliphatic rings. The number of ether oxygens (including phenoxy) is 1. The van der Waals surface area contributed by atoms with Crippen molar-refractivity contribution in [2.45, 2.75) is 18.3 Å². The second-order valence-corrected chi connectivity index (χ2v) is 10.9. The first-order valence-corrected chi connectivity index (χ1v) is 13.7. The normalized spacial score (nSPS) is 22.6. The van der Waals surface area contributed by atoms with E-state index in [0.717, 1.165) is 34.2 Å². The second-order valence-electron chi connectivity index (χ2n) is 9.47. The lowest BCUT2D eigenvalue weighted by Gasteiger charge is -2.49. The molecular weight excluding hydrogens is 533 g/mol. The van der Waals surface area contributed by atoms with Gasteiger partial charge in [0.1, 0.15) is 11.6 Å². The molecule has 1 spiro atoms. The SMILES string of the molecule is O=C1S/C(=C\c2ccc(F)cc2)C2(Oc3ccc(Cl)cc3C3CC(c4ccccc4)=NN32)N1c1ccccc1. The number of thioether (sulfide) groups is 1. The maximum atomic E-state index is 13.8. The number of hydrogen-bond acceptors (Lipinski definition) is 5. The van der Waals surface area contributed by atoms with Gasteiger partial charge in [-0.25, -0.2) is 14.3 Å². The van der Waals surface area contributed by atoms with Gasteiger partial charge in [0.2, 0.25) is 0 Å². The van der Waals surface area contributed by atoms with Crippen molar-refractivity contribution >= 4 is 46.1 Å². The summed E-state index contributed by atoms with van der Waals surface area (Å²) < 4.78 is 20.6. The van der Waals surface area contributed by atoms with Crippen LogP contribution in [0, 0.1) is 5.82 Å². The van der Waals surface area contributed by atoms with E-state index >= 15 is 0 Å². The zero-order valence-corrected chi connectivity index (χ0v) is 22.1. The van der Waals surface area contributed by atoms with E-state index in [4.69, 9.17) is 21.4 Å². The number of benzene rings is 4. The Morgan fingerprint density at radius 2 is 1.69 bits per heavy atom. The number of carbonyl (C=O) groups is 1. The monoisotopic (exact) mass is 553 g/mol. The van der Waals surface area contributed by atoms with Gasteiger partial charge in [0.25, 0.3) is 5.24 Å². The third-order valence-electron chi connectivity index (χ3n) is 7.10. The van der Waals surface area contributed by atoms with Crippen LogP contribution < -0.4 is 9.64 Å². The first-order chi connectivity index (χ1) is 19.0. The number of hydrazone groups is 1. The van der Waals surface area contributed by atoms with Crippen LogP contribution in [0.1, 0.15) is 29.2 Å². The Balaban J connectivity index is 1.49. The molecule has 0 aliphatic carbocycles. The van der Waals surface area contributed by atoms with Gasteiger partial charge in [0.05, 0.1) is 22.3 Å². The predicted octanol–water partition coefficient (Wildman–Crippen LogP) is 8.09. The number of carbonyl (C=O) groups excluding carboxylic acids is 1. The van der Waals surface area contributed by atoms with Crippen molar-refractivity contribution in [2.24, 2.45) is 5.10 Å². The number of nitrogens with zero attached hydrogens (tertiary/aromatic N) is 3. The third-order valence-corrected chi connectivity index (χ3v) is 8.29. The molecule has 8 heteroatoms. The molecule has 4 aromatic rings. The number of hydrogen-bond donors (Lipinski definition) is 0. The Morgan fingerprint density at radius 3 is 2.44 bits per heavy atom. The summed E-state index contributed by atoms with van der Waals surface area (Å²) in [5, 5.41) is 7.43. The molecule has 0 radical (unpaired) electrons. The molecule has 5 nitrogen and oxygen atoms in total. The fourth-order valence-electron chi connectivity index (χ4n) is 5.35. The average molecular weight is 554 g/mol. The zero-order valence-electron chi connectivity index (χ0n) is 20.5. The Bertz CT molecular complexity index is 1650. The molecule has 2 atom stereocenters. The number of fused-ring (bicyclic) bond motifs is 4. The van der Waals surface area contributed by atoms with E-state index in [9.17, 15) is 9.18 Å². The molecule has 3 heterocycles. The third kappa shape index (κ3) is 3.92. The molecule has 192 valence electrons. The minimum absolute atomic E-state index is 0.200. The van der Waals surface area contributed by atoms with Gasteiger partial charge in [-0.2, -0.15) is 5.10 Å². The van der Waals surface area contributed by atoms with E-state index in [0.29, 0.717) is 27.8 Å². The van der Waals surface area contributed by atoms with Crippen LogP contribution in [0.5, 0.6) is 5.75 Å². The van der Waals surface area contributed by atoms with E-state index in [1.54, 1.807) is 23.1 Å². The molecular formula is C31H21ClFN3O2S. The molecule has 0 aromatic heterocycles. The van der Waals surface area contributed by atoms with Gasteiger partial charge < -0.3 is 4.74 Å². The summed E-state index contributed by atoms with van der Waals surface area (Å²) in [7, 11) is 0. The van der Waals surface area contributed by atoms with Crippen molar-refractivity contribution in [1.29, 1.82) is 0 Å². The molecule has 0 bridgehead atoms. The van der Waals surface area contributed by atoms with Gasteiger partial charge in [0.15, 0.2) is 0 Å². The van der Waals surface area contributed by atoms with Crippen molar-refractivity contribution in [3.8, 4) is 5.75 Å². The van der Waals surface area contributed by atoms with Crippen LogP contribution >= 0.6 is 23.4 Å². The van der Waals surface area contributed by atoms with E-state index < -0.39 is 5.85 Å². The molecule has 1 saturated heterocycles. The van der Waals surface area contributed by atoms with E-state index in [-0.39, 0.29) is 17.1 Å². The summed E-state index contributed by atoms with van der Waals surface area (Å²) in [6, 6.07) is 30.9. The molecule has 7 rings (SSSR count). The molecule has 0 saturated carbocycles. The summed E-state index contributed by atoms with van der Waals surface area (Å²) in [6.45, 7) is 0. The van der Waals surface area contributed by atoms with Gasteiger partial charge in [-0.05, 0) is 71.4 Å². The van der Waals surface area contributed by atoms with Crippen molar-refractivity contribution in [2.75, 3.05) is 4.90 Å². The molecule has 3 aliphatic heterocycles. The summed E-state index contributed by atoms with van der Waals surface area (Å²) in [5.41, 5.74) is 4.21. The Hall–Kier alpha value is -4.07. The van der Waals surface area contributed by atoms with E-state index in [2.05, 4.69) is 0 Å². The predicted molar refractivity (Wildman–Crippen MR) is 153 cm³/mol. The van der Waals surface area contributed by atoms with Crippen LogP contribution in [0.25, 0.3) is 6.08 Å². The highest BCUT2D eigenvalue weighted by molar-refractivity contribution is 8.17. The summed E-state index contributed by atoms with van der Waals surface area (Å²) in [6.07, 6.45) is 2.48. The number of rotatable bonds is 3. The number of halogens is 2. The molecule has 1 amide bonds. The lowest BCUT2D eigenvalue weighted by atomic mass is 9.95. The second kappa shape index (κ2) is 9.29. The molecule has 39 heavy (non-hydrogen) atoms. The highest BCUT2D eigenvalue weighted by Gasteiger charge is 2.63. The zero-order chi connectivity index (χ0) is 26.6. The highest BCUT2D eigenvalue weighted by Crippen LogP contribution is 2.57. The van der Waals surface area contributed by atoms with E-state index in [1.807, 2.05) is 83.9 Å². The van der Waals surface area contributed by atoms with Crippen LogP contribution in [-0.4, -0.2) is 21.8 Å². The van der Waals surface area contributed by atoms with Crippen molar-refractivity contribution in [3.63, 3.8) is 0 Å². The maximum Gasteiger partial charge on any atom is 0.321 e. The van der Waals surface area contributed by atoms with Crippen LogP contribution in [-0.2, 0) is 0 Å². The first-order valence-electron chi connectivity index (χ1n) is 12.5. The summed E-state index contributed by atoms with van der Waals surface area (Å²) in [4.78, 5) is 16.1. The first kappa shape index (κ1) is 24.0. The minimum Gasteiger partial charge on any atom is -0.443 e. The molecule has 1 fully saturated rings.